The van der Waals surface area contributed by atoms with Gasteiger partial charge < -0.3 is 9.59 Å². The van der Waals surface area contributed by atoms with E-state index in [0.29, 0.717) is 11.8 Å². The Morgan fingerprint density at radius 1 is 0.818 bits per heavy atom. The predicted molar refractivity (Wildman–Crippen MR) is 39.9 cm³/mol. The SMILES string of the molecule is O=C[C@H]1C[C@H]2C[C@@H]1C[C@@H]2C=O. The molecule has 0 aliphatic heterocycles. The molecule has 0 spiro atoms. The second kappa shape index (κ2) is 2.43. The second-order valence-electron chi connectivity index (χ2n) is 3.83. The molecule has 0 heterocycles. The van der Waals surface area contributed by atoms with Gasteiger partial charge in [-0.2, -0.15) is 0 Å². The van der Waals surface area contributed by atoms with Crippen LogP contribution >= 0.6 is 0 Å². The Bertz CT molecular complexity index is 168. The predicted octanol–water partition coefficient (Wildman–Crippen LogP) is 1.05. The first-order chi connectivity index (χ1) is 5.35. The third kappa shape index (κ3) is 0.924. The minimum Gasteiger partial charge on any atom is -0.303 e. The summed E-state index contributed by atoms with van der Waals surface area (Å²) >= 11 is 0. The molecule has 60 valence electrons. The number of carbonyl (C=O) groups excluding carboxylic acids is 2. The van der Waals surface area contributed by atoms with Gasteiger partial charge in [0.05, 0.1) is 0 Å². The number of aldehydes is 2. The molecule has 2 rings (SSSR count). The standard InChI is InChI=1S/C9H12O2/c10-4-8-2-6-1-7(8)3-9(6)5-11/h4-9H,1-3H2/t6-,7-,8-,9-/m1/s1. The lowest BCUT2D eigenvalue weighted by molar-refractivity contribution is -0.116. The fourth-order valence-corrected chi connectivity index (χ4v) is 2.70. The lowest BCUT2D eigenvalue weighted by Gasteiger charge is -2.19. The normalized spacial score (nSPS) is 47.6. The van der Waals surface area contributed by atoms with Gasteiger partial charge in [-0.1, -0.05) is 0 Å². The van der Waals surface area contributed by atoms with Crippen molar-refractivity contribution in [1.82, 2.24) is 0 Å². The van der Waals surface area contributed by atoms with E-state index in [4.69, 9.17) is 0 Å². The van der Waals surface area contributed by atoms with Crippen molar-refractivity contribution in [3.05, 3.63) is 0 Å². The fourth-order valence-electron chi connectivity index (χ4n) is 2.70. The molecule has 0 aromatic rings. The lowest BCUT2D eigenvalue weighted by atomic mass is 9.84. The van der Waals surface area contributed by atoms with Crippen molar-refractivity contribution in [2.45, 2.75) is 19.3 Å². The van der Waals surface area contributed by atoms with Crippen molar-refractivity contribution < 1.29 is 9.59 Å². The highest BCUT2D eigenvalue weighted by Crippen LogP contribution is 2.50. The summed E-state index contributed by atoms with van der Waals surface area (Å²) in [4.78, 5) is 21.0. The van der Waals surface area contributed by atoms with E-state index < -0.39 is 0 Å². The van der Waals surface area contributed by atoms with Crippen molar-refractivity contribution in [2.75, 3.05) is 0 Å². The first kappa shape index (κ1) is 7.01. The minimum absolute atomic E-state index is 0.274. The maximum Gasteiger partial charge on any atom is 0.123 e. The molecule has 4 atom stereocenters. The number of hydrogen-bond donors (Lipinski definition) is 0. The van der Waals surface area contributed by atoms with E-state index in [2.05, 4.69) is 0 Å². The van der Waals surface area contributed by atoms with Gasteiger partial charge in [-0.3, -0.25) is 0 Å². The van der Waals surface area contributed by atoms with Crippen LogP contribution in [-0.4, -0.2) is 12.6 Å². The van der Waals surface area contributed by atoms with Gasteiger partial charge in [-0.25, -0.2) is 0 Å². The quantitative estimate of drug-likeness (QED) is 0.554. The van der Waals surface area contributed by atoms with Crippen molar-refractivity contribution in [3.63, 3.8) is 0 Å². The van der Waals surface area contributed by atoms with E-state index in [1.807, 2.05) is 0 Å². The largest absolute Gasteiger partial charge is 0.303 e. The van der Waals surface area contributed by atoms with Gasteiger partial charge in [-0.05, 0) is 31.1 Å². The van der Waals surface area contributed by atoms with E-state index in [9.17, 15) is 9.59 Å². The number of fused-ring (bicyclic) bond motifs is 2. The summed E-state index contributed by atoms with van der Waals surface area (Å²) in [5.41, 5.74) is 0. The molecule has 11 heavy (non-hydrogen) atoms. The molecule has 2 saturated carbocycles. The Morgan fingerprint density at radius 2 is 1.27 bits per heavy atom. The summed E-state index contributed by atoms with van der Waals surface area (Å²) in [7, 11) is 0. The van der Waals surface area contributed by atoms with Gasteiger partial charge in [0.1, 0.15) is 12.6 Å². The van der Waals surface area contributed by atoms with Gasteiger partial charge in [0.2, 0.25) is 0 Å². The van der Waals surface area contributed by atoms with E-state index in [1.165, 1.54) is 0 Å². The third-order valence-electron chi connectivity index (χ3n) is 3.32. The summed E-state index contributed by atoms with van der Waals surface area (Å²) < 4.78 is 0. The zero-order valence-electron chi connectivity index (χ0n) is 6.40. The van der Waals surface area contributed by atoms with Crippen molar-refractivity contribution in [1.29, 1.82) is 0 Å². The van der Waals surface area contributed by atoms with E-state index in [1.54, 1.807) is 0 Å². The Balaban J connectivity index is 2.07. The highest BCUT2D eigenvalue weighted by molar-refractivity contribution is 5.59. The Hall–Kier alpha value is -0.660. The second-order valence-corrected chi connectivity index (χ2v) is 3.83. The molecule has 2 aliphatic rings. The first-order valence-corrected chi connectivity index (χ1v) is 4.25. The van der Waals surface area contributed by atoms with Gasteiger partial charge in [0.25, 0.3) is 0 Å². The molecule has 2 aliphatic carbocycles. The summed E-state index contributed by atoms with van der Waals surface area (Å²) in [5.74, 6) is 1.62. The zero-order chi connectivity index (χ0) is 7.84. The van der Waals surface area contributed by atoms with Gasteiger partial charge in [0.15, 0.2) is 0 Å². The molecular formula is C9H12O2. The van der Waals surface area contributed by atoms with Crippen molar-refractivity contribution in [2.24, 2.45) is 23.7 Å². The summed E-state index contributed by atoms with van der Waals surface area (Å²) in [6.45, 7) is 0. The monoisotopic (exact) mass is 152 g/mol. The third-order valence-corrected chi connectivity index (χ3v) is 3.32. The molecular weight excluding hydrogens is 140 g/mol. The van der Waals surface area contributed by atoms with Crippen LogP contribution in [0.3, 0.4) is 0 Å². The van der Waals surface area contributed by atoms with Crippen LogP contribution in [0, 0.1) is 23.7 Å². The van der Waals surface area contributed by atoms with Crippen LogP contribution < -0.4 is 0 Å². The molecule has 2 heteroatoms. The average Bonchev–Trinajstić information content (AvgIpc) is 2.60. The average molecular weight is 152 g/mol. The van der Waals surface area contributed by atoms with Crippen LogP contribution in [0.1, 0.15) is 19.3 Å². The summed E-state index contributed by atoms with van der Waals surface area (Å²) in [6, 6.07) is 0. The number of carbonyl (C=O) groups is 2. The zero-order valence-corrected chi connectivity index (χ0v) is 6.40. The molecule has 0 radical (unpaired) electrons. The van der Waals surface area contributed by atoms with Gasteiger partial charge in [-0.15, -0.1) is 0 Å². The maximum atomic E-state index is 10.5. The minimum atomic E-state index is 0.274. The van der Waals surface area contributed by atoms with Crippen molar-refractivity contribution in [3.8, 4) is 0 Å². The molecule has 0 unspecified atom stereocenters. The fraction of sp³-hybridized carbons (Fsp3) is 0.778. The molecule has 0 amide bonds. The van der Waals surface area contributed by atoms with E-state index in [-0.39, 0.29) is 11.8 Å². The Kier molecular flexibility index (Phi) is 1.55. The van der Waals surface area contributed by atoms with Crippen LogP contribution in [0.25, 0.3) is 0 Å². The van der Waals surface area contributed by atoms with Crippen LogP contribution in [0.2, 0.25) is 0 Å². The van der Waals surface area contributed by atoms with E-state index in [0.717, 1.165) is 31.8 Å². The Labute approximate surface area is 66.0 Å². The molecule has 2 nitrogen and oxygen atoms in total. The van der Waals surface area contributed by atoms with Crippen LogP contribution in [0.15, 0.2) is 0 Å². The molecule has 2 bridgehead atoms. The van der Waals surface area contributed by atoms with Gasteiger partial charge >= 0.3 is 0 Å². The van der Waals surface area contributed by atoms with Crippen LogP contribution in [0.5, 0.6) is 0 Å². The smallest absolute Gasteiger partial charge is 0.123 e. The van der Waals surface area contributed by atoms with Crippen molar-refractivity contribution >= 4 is 12.6 Å². The van der Waals surface area contributed by atoms with Crippen LogP contribution in [0.4, 0.5) is 0 Å². The molecule has 2 fully saturated rings. The van der Waals surface area contributed by atoms with Gasteiger partial charge in [0, 0.05) is 11.8 Å². The maximum absolute atomic E-state index is 10.5. The first-order valence-electron chi connectivity index (χ1n) is 4.25. The summed E-state index contributed by atoms with van der Waals surface area (Å²) in [6.07, 6.45) is 5.21. The highest BCUT2D eigenvalue weighted by atomic mass is 16.1. The van der Waals surface area contributed by atoms with Crippen LogP contribution in [-0.2, 0) is 9.59 Å². The molecule has 0 N–H and O–H groups in total. The topological polar surface area (TPSA) is 34.1 Å². The molecule has 0 saturated heterocycles. The lowest BCUT2D eigenvalue weighted by Crippen LogP contribution is -2.19. The Morgan fingerprint density at radius 3 is 1.55 bits per heavy atom. The molecule has 0 aromatic carbocycles. The summed E-state index contributed by atoms with van der Waals surface area (Å²) in [5, 5.41) is 0. The highest BCUT2D eigenvalue weighted by Gasteiger charge is 2.45. The molecule has 0 aromatic heterocycles. The number of hydrogen-bond acceptors (Lipinski definition) is 2. The van der Waals surface area contributed by atoms with E-state index >= 15 is 0 Å². The number of rotatable bonds is 2.